The zero-order chi connectivity index (χ0) is 19.4. The Morgan fingerprint density at radius 3 is 2.93 bits per heavy atom. The molecule has 0 unspecified atom stereocenters. The van der Waals surface area contributed by atoms with Gasteiger partial charge < -0.3 is 24.3 Å². The molecule has 3 rings (SSSR count). The Kier molecular flexibility index (Phi) is 6.38. The van der Waals surface area contributed by atoms with Crippen LogP contribution in [0.1, 0.15) is 16.8 Å². The Labute approximate surface area is 167 Å². The van der Waals surface area contributed by atoms with Gasteiger partial charge in [0.2, 0.25) is 0 Å². The zero-order valence-corrected chi connectivity index (χ0v) is 17.3. The molecule has 0 bridgehead atoms. The van der Waals surface area contributed by atoms with Crippen molar-refractivity contribution in [3.63, 3.8) is 0 Å². The summed E-state index contributed by atoms with van der Waals surface area (Å²) in [6.45, 7) is 1.92. The quantitative estimate of drug-likeness (QED) is 0.575. The molecule has 2 aromatic rings. The highest BCUT2D eigenvalue weighted by atomic mass is 79.9. The van der Waals surface area contributed by atoms with E-state index in [4.69, 9.17) is 9.47 Å². The number of hydrogen-bond donors (Lipinski definition) is 1. The van der Waals surface area contributed by atoms with Crippen molar-refractivity contribution in [2.75, 3.05) is 27.4 Å². The Bertz CT molecular complexity index is 837. The van der Waals surface area contributed by atoms with Crippen molar-refractivity contribution in [2.24, 2.45) is 12.0 Å². The van der Waals surface area contributed by atoms with Crippen LogP contribution in [0.15, 0.2) is 33.9 Å². The van der Waals surface area contributed by atoms with E-state index in [0.29, 0.717) is 19.6 Å². The number of rotatable bonds is 5. The summed E-state index contributed by atoms with van der Waals surface area (Å²) in [6.07, 6.45) is 2.65. The first kappa shape index (κ1) is 19.7. The summed E-state index contributed by atoms with van der Waals surface area (Å²) in [4.78, 5) is 6.39. The van der Waals surface area contributed by atoms with E-state index in [1.807, 2.05) is 25.2 Å². The maximum Gasteiger partial charge on any atom is 0.193 e. The molecule has 1 aliphatic heterocycles. The number of aryl methyl sites for hydroxylation is 1. The number of nitrogens with one attached hydrogen (secondary N) is 1. The van der Waals surface area contributed by atoms with Crippen LogP contribution in [0, 0.1) is 5.82 Å². The molecule has 146 valence electrons. The van der Waals surface area contributed by atoms with E-state index in [0.717, 1.165) is 33.9 Å². The molecule has 0 saturated heterocycles. The molecule has 27 heavy (non-hydrogen) atoms. The van der Waals surface area contributed by atoms with Gasteiger partial charge in [0, 0.05) is 49.6 Å². The highest BCUT2D eigenvalue weighted by Crippen LogP contribution is 2.29. The fourth-order valence-corrected chi connectivity index (χ4v) is 3.75. The van der Waals surface area contributed by atoms with Gasteiger partial charge in [-0.1, -0.05) is 0 Å². The van der Waals surface area contributed by atoms with Gasteiger partial charge in [0.1, 0.15) is 11.6 Å². The fraction of sp³-hybridized carbons (Fsp3) is 0.421. The molecule has 0 fully saturated rings. The lowest BCUT2D eigenvalue weighted by atomic mass is 10.1. The number of aromatic nitrogens is 1. The Morgan fingerprint density at radius 2 is 2.22 bits per heavy atom. The van der Waals surface area contributed by atoms with Crippen molar-refractivity contribution >= 4 is 21.9 Å². The normalized spacial score (nSPS) is 13.9. The molecular formula is C19H24BrFN4O2. The van der Waals surface area contributed by atoms with Crippen molar-refractivity contribution in [2.45, 2.75) is 19.6 Å². The average Bonchev–Trinajstić information content (AvgIpc) is 2.95. The second kappa shape index (κ2) is 8.75. The van der Waals surface area contributed by atoms with Crippen LogP contribution in [0.2, 0.25) is 0 Å². The molecule has 6 nitrogen and oxygen atoms in total. The molecular weight excluding hydrogens is 415 g/mol. The van der Waals surface area contributed by atoms with Gasteiger partial charge in [0.05, 0.1) is 13.2 Å². The van der Waals surface area contributed by atoms with Gasteiger partial charge in [0.15, 0.2) is 12.8 Å². The summed E-state index contributed by atoms with van der Waals surface area (Å²) in [6, 6.07) is 5.08. The second-order valence-corrected chi connectivity index (χ2v) is 7.42. The summed E-state index contributed by atoms with van der Waals surface area (Å²) >= 11 is 3.49. The monoisotopic (exact) mass is 438 g/mol. The van der Waals surface area contributed by atoms with Crippen LogP contribution in [0.25, 0.3) is 0 Å². The summed E-state index contributed by atoms with van der Waals surface area (Å²) in [5, 5.41) is 3.34. The maximum absolute atomic E-state index is 13.8. The molecule has 0 spiro atoms. The Morgan fingerprint density at radius 1 is 1.41 bits per heavy atom. The van der Waals surface area contributed by atoms with Crippen molar-refractivity contribution in [1.29, 1.82) is 0 Å². The lowest BCUT2D eigenvalue weighted by molar-refractivity contribution is -0.0172. The number of benzene rings is 1. The van der Waals surface area contributed by atoms with E-state index in [2.05, 4.69) is 36.9 Å². The van der Waals surface area contributed by atoms with Crippen molar-refractivity contribution < 1.29 is 13.9 Å². The second-order valence-electron chi connectivity index (χ2n) is 6.50. The molecule has 8 heteroatoms. The molecule has 1 aliphatic rings. The minimum atomic E-state index is -0.270. The molecule has 0 saturated carbocycles. The van der Waals surface area contributed by atoms with Crippen LogP contribution in [0.4, 0.5) is 4.39 Å². The van der Waals surface area contributed by atoms with Crippen LogP contribution in [0.5, 0.6) is 5.75 Å². The molecule has 0 amide bonds. The number of halogens is 2. The topological polar surface area (TPSA) is 51.0 Å². The maximum atomic E-state index is 13.8. The van der Waals surface area contributed by atoms with Gasteiger partial charge in [-0.05, 0) is 46.1 Å². The third kappa shape index (κ3) is 4.81. The van der Waals surface area contributed by atoms with Gasteiger partial charge in [0.25, 0.3) is 0 Å². The minimum absolute atomic E-state index is 0.204. The SMILES string of the molecule is CN=C(NCCc1cc(F)cc2c1OCOC2)N(C)Cc1cc(Br)cn1C. The fourth-order valence-electron chi connectivity index (χ4n) is 3.18. The number of guanidine groups is 1. The van der Waals surface area contributed by atoms with E-state index in [-0.39, 0.29) is 12.6 Å². The van der Waals surface area contributed by atoms with E-state index >= 15 is 0 Å². The summed E-state index contributed by atoms with van der Waals surface area (Å²) in [7, 11) is 5.76. The first-order chi connectivity index (χ1) is 13.0. The standard InChI is InChI=1S/C19H24BrFN4O2/c1-22-19(25(3)10-17-8-15(20)9-24(17)2)23-5-4-13-6-16(21)7-14-11-26-12-27-18(13)14/h6-9H,4-5,10-12H2,1-3H3,(H,22,23). The third-order valence-electron chi connectivity index (χ3n) is 4.48. The molecule has 2 heterocycles. The third-order valence-corrected chi connectivity index (χ3v) is 4.91. The summed E-state index contributed by atoms with van der Waals surface area (Å²) in [5.41, 5.74) is 2.76. The zero-order valence-electron chi connectivity index (χ0n) is 15.8. The Balaban J connectivity index is 1.60. The number of aliphatic imine (C=N–C) groups is 1. The first-order valence-corrected chi connectivity index (χ1v) is 9.51. The molecule has 1 aromatic heterocycles. The highest BCUT2D eigenvalue weighted by molar-refractivity contribution is 9.10. The van der Waals surface area contributed by atoms with Gasteiger partial charge >= 0.3 is 0 Å². The van der Waals surface area contributed by atoms with E-state index in [9.17, 15) is 4.39 Å². The smallest absolute Gasteiger partial charge is 0.193 e. The first-order valence-electron chi connectivity index (χ1n) is 8.72. The Hall–Kier alpha value is -2.06. The minimum Gasteiger partial charge on any atom is -0.467 e. The van der Waals surface area contributed by atoms with Crippen molar-refractivity contribution in [1.82, 2.24) is 14.8 Å². The van der Waals surface area contributed by atoms with Crippen LogP contribution >= 0.6 is 15.9 Å². The van der Waals surface area contributed by atoms with Crippen molar-refractivity contribution in [3.05, 3.63) is 51.5 Å². The van der Waals surface area contributed by atoms with Gasteiger partial charge in [-0.2, -0.15) is 0 Å². The predicted octanol–water partition coefficient (Wildman–Crippen LogP) is 3.04. The number of hydrogen-bond acceptors (Lipinski definition) is 3. The van der Waals surface area contributed by atoms with Crippen LogP contribution < -0.4 is 10.1 Å². The van der Waals surface area contributed by atoms with E-state index < -0.39 is 0 Å². The number of ether oxygens (including phenoxy) is 2. The van der Waals surface area contributed by atoms with Gasteiger partial charge in [-0.25, -0.2) is 4.39 Å². The van der Waals surface area contributed by atoms with Crippen LogP contribution in [0.3, 0.4) is 0 Å². The van der Waals surface area contributed by atoms with E-state index in [1.165, 1.54) is 17.8 Å². The molecule has 1 aromatic carbocycles. The van der Waals surface area contributed by atoms with Crippen LogP contribution in [-0.2, 0) is 31.4 Å². The summed E-state index contributed by atoms with van der Waals surface area (Å²) < 4.78 is 27.8. The molecule has 0 aliphatic carbocycles. The van der Waals surface area contributed by atoms with Crippen molar-refractivity contribution in [3.8, 4) is 5.75 Å². The number of fused-ring (bicyclic) bond motifs is 1. The number of nitrogens with zero attached hydrogens (tertiary/aromatic N) is 3. The molecule has 0 atom stereocenters. The lowest BCUT2D eigenvalue weighted by Gasteiger charge is -2.23. The molecule has 1 N–H and O–H groups in total. The average molecular weight is 439 g/mol. The van der Waals surface area contributed by atoms with Gasteiger partial charge in [-0.3, -0.25) is 4.99 Å². The van der Waals surface area contributed by atoms with Crippen LogP contribution in [-0.4, -0.2) is 42.9 Å². The lowest BCUT2D eigenvalue weighted by Crippen LogP contribution is -2.39. The largest absolute Gasteiger partial charge is 0.467 e. The van der Waals surface area contributed by atoms with Gasteiger partial charge in [-0.15, -0.1) is 0 Å². The predicted molar refractivity (Wildman–Crippen MR) is 106 cm³/mol. The molecule has 0 radical (unpaired) electrons. The summed E-state index contributed by atoms with van der Waals surface area (Å²) in [5.74, 6) is 1.25. The highest BCUT2D eigenvalue weighted by Gasteiger charge is 2.17. The van der Waals surface area contributed by atoms with E-state index in [1.54, 1.807) is 7.05 Å².